The summed E-state index contributed by atoms with van der Waals surface area (Å²) in [6.45, 7) is 0.864. The Bertz CT molecular complexity index is 1720. The van der Waals surface area contributed by atoms with E-state index in [0.29, 0.717) is 46.8 Å². The molecule has 1 unspecified atom stereocenters. The number of anilines is 1. The van der Waals surface area contributed by atoms with Crippen LogP contribution in [-0.4, -0.2) is 32.2 Å². The number of nitrogens with zero attached hydrogens (tertiary/aromatic N) is 4. The number of nitrogens with two attached hydrogens (primary N) is 1. The zero-order chi connectivity index (χ0) is 26.6. The maximum atomic E-state index is 14.2. The van der Waals surface area contributed by atoms with Gasteiger partial charge in [0.15, 0.2) is 6.19 Å². The van der Waals surface area contributed by atoms with Crippen molar-refractivity contribution in [3.05, 3.63) is 92.3 Å². The summed E-state index contributed by atoms with van der Waals surface area (Å²) in [5.41, 5.74) is 10.3. The normalized spacial score (nSPS) is 17.2. The molecule has 8 nitrogen and oxygen atoms in total. The Hall–Kier alpha value is -4.35. The maximum absolute atomic E-state index is 14.2. The zero-order valence-electron chi connectivity index (χ0n) is 21.2. The van der Waals surface area contributed by atoms with E-state index in [-0.39, 0.29) is 29.3 Å². The first-order chi connectivity index (χ1) is 18.4. The van der Waals surface area contributed by atoms with Crippen LogP contribution in [0.5, 0.6) is 0 Å². The highest BCUT2D eigenvalue weighted by Gasteiger charge is 2.29. The van der Waals surface area contributed by atoms with E-state index in [0.717, 1.165) is 17.5 Å². The molecule has 2 aliphatic rings. The fourth-order valence-electron chi connectivity index (χ4n) is 5.77. The van der Waals surface area contributed by atoms with Gasteiger partial charge >= 0.3 is 0 Å². The third kappa shape index (κ3) is 3.96. The number of aliphatic hydroxyl groups is 1. The summed E-state index contributed by atoms with van der Waals surface area (Å²) >= 11 is 0. The van der Waals surface area contributed by atoms with Crippen molar-refractivity contribution in [1.29, 1.82) is 5.26 Å². The third-order valence-electron chi connectivity index (χ3n) is 7.94. The van der Waals surface area contributed by atoms with E-state index >= 15 is 0 Å². The van der Waals surface area contributed by atoms with Crippen molar-refractivity contribution in [3.63, 3.8) is 0 Å². The molecule has 0 radical (unpaired) electrons. The van der Waals surface area contributed by atoms with Crippen LogP contribution >= 0.6 is 0 Å². The summed E-state index contributed by atoms with van der Waals surface area (Å²) in [5, 5.41) is 21.6. The number of hydrogen-bond donors (Lipinski definition) is 2. The predicted molar refractivity (Wildman–Crippen MR) is 147 cm³/mol. The predicted octanol–water partition coefficient (Wildman–Crippen LogP) is 3.58. The molecule has 38 heavy (non-hydrogen) atoms. The van der Waals surface area contributed by atoms with Crippen LogP contribution in [0.15, 0.2) is 64.3 Å². The van der Waals surface area contributed by atoms with Crippen LogP contribution in [-0.2, 0) is 13.7 Å². The monoisotopic (exact) mass is 507 g/mol. The first-order valence-electron chi connectivity index (χ1n) is 12.9. The van der Waals surface area contributed by atoms with Crippen LogP contribution < -0.4 is 16.9 Å². The van der Waals surface area contributed by atoms with Crippen LogP contribution in [0.4, 0.5) is 5.69 Å². The van der Waals surface area contributed by atoms with E-state index in [1.807, 2.05) is 24.3 Å². The number of nitriles is 1. The van der Waals surface area contributed by atoms with Crippen molar-refractivity contribution in [2.24, 2.45) is 7.05 Å². The highest BCUT2D eigenvalue weighted by Crippen LogP contribution is 2.41. The molecule has 4 aromatic rings. The number of likely N-dealkylation sites (tertiary alicyclic amines) is 1. The lowest BCUT2D eigenvalue weighted by Gasteiger charge is -2.22. The lowest BCUT2D eigenvalue weighted by Crippen LogP contribution is -2.26. The van der Waals surface area contributed by atoms with Crippen LogP contribution in [0.2, 0.25) is 0 Å². The molecule has 192 valence electrons. The van der Waals surface area contributed by atoms with Crippen molar-refractivity contribution < 1.29 is 5.11 Å². The fourth-order valence-corrected chi connectivity index (χ4v) is 5.77. The molecule has 2 aromatic carbocycles. The molecule has 0 spiro atoms. The summed E-state index contributed by atoms with van der Waals surface area (Å²) in [6, 6.07) is 15.3. The lowest BCUT2D eigenvalue weighted by atomic mass is 9.96. The Morgan fingerprint density at radius 1 is 1.05 bits per heavy atom. The summed E-state index contributed by atoms with van der Waals surface area (Å²) in [6.07, 6.45) is 7.04. The van der Waals surface area contributed by atoms with E-state index in [1.54, 1.807) is 28.8 Å². The minimum absolute atomic E-state index is 0.0141. The number of aromatic nitrogens is 2. The standard InChI is InChI=1S/C30H29N5O3/c1-33-14-22(12-26(32)30(33)38)23-3-2-4-27(25(23)16-36)35-28(20-9-10-34(15-20)17-31)13-21-11-19(18-5-6-18)7-8-24(21)29(35)37/h2-4,7-8,11-14,18,20,36H,5-6,9-10,15-16,32H2,1H3. The average molecular weight is 508 g/mol. The molecule has 3 heterocycles. The Morgan fingerprint density at radius 3 is 2.55 bits per heavy atom. The van der Waals surface area contributed by atoms with Gasteiger partial charge in [0.1, 0.15) is 0 Å². The second-order valence-electron chi connectivity index (χ2n) is 10.4. The van der Waals surface area contributed by atoms with Gasteiger partial charge in [-0.05, 0) is 66.0 Å². The van der Waals surface area contributed by atoms with Crippen molar-refractivity contribution in [2.75, 3.05) is 18.8 Å². The maximum Gasteiger partial charge on any atom is 0.273 e. The molecule has 1 aliphatic carbocycles. The number of hydrogen-bond acceptors (Lipinski definition) is 6. The average Bonchev–Trinajstić information content (AvgIpc) is 3.67. The molecule has 1 aliphatic heterocycles. The van der Waals surface area contributed by atoms with Crippen molar-refractivity contribution in [3.8, 4) is 23.0 Å². The van der Waals surface area contributed by atoms with Gasteiger partial charge in [-0.15, -0.1) is 0 Å². The number of rotatable bonds is 5. The Labute approximate surface area is 219 Å². The molecule has 2 fully saturated rings. The van der Waals surface area contributed by atoms with Crippen molar-refractivity contribution in [2.45, 2.75) is 37.7 Å². The van der Waals surface area contributed by atoms with Gasteiger partial charge in [0, 0.05) is 54.5 Å². The summed E-state index contributed by atoms with van der Waals surface area (Å²) < 4.78 is 3.13. The summed E-state index contributed by atoms with van der Waals surface area (Å²) in [5.74, 6) is 0.553. The van der Waals surface area contributed by atoms with Gasteiger partial charge in [-0.25, -0.2) is 0 Å². The number of fused-ring (bicyclic) bond motifs is 1. The number of aryl methyl sites for hydroxylation is 1. The van der Waals surface area contributed by atoms with Gasteiger partial charge in [-0.2, -0.15) is 5.26 Å². The molecule has 1 saturated heterocycles. The molecule has 0 amide bonds. The number of nitrogen functional groups attached to an aromatic ring is 1. The van der Waals surface area contributed by atoms with E-state index in [9.17, 15) is 20.0 Å². The molecule has 3 N–H and O–H groups in total. The molecular formula is C30H29N5O3. The summed E-state index contributed by atoms with van der Waals surface area (Å²) in [4.78, 5) is 28.1. The van der Waals surface area contributed by atoms with E-state index in [4.69, 9.17) is 5.73 Å². The Kier molecular flexibility index (Phi) is 5.81. The highest BCUT2D eigenvalue weighted by molar-refractivity contribution is 5.84. The van der Waals surface area contributed by atoms with Gasteiger partial charge in [0.05, 0.1) is 18.0 Å². The Morgan fingerprint density at radius 2 is 1.87 bits per heavy atom. The van der Waals surface area contributed by atoms with Gasteiger partial charge < -0.3 is 20.3 Å². The van der Waals surface area contributed by atoms with Crippen molar-refractivity contribution >= 4 is 16.5 Å². The number of aliphatic hydroxyl groups excluding tert-OH is 1. The van der Waals surface area contributed by atoms with Gasteiger partial charge in [-0.1, -0.05) is 24.3 Å². The minimum atomic E-state index is -0.312. The summed E-state index contributed by atoms with van der Waals surface area (Å²) in [7, 11) is 1.63. The lowest BCUT2D eigenvalue weighted by molar-refractivity contribution is 0.282. The molecular weight excluding hydrogens is 478 g/mol. The zero-order valence-corrected chi connectivity index (χ0v) is 21.2. The van der Waals surface area contributed by atoms with Gasteiger partial charge in [-0.3, -0.25) is 14.2 Å². The van der Waals surface area contributed by atoms with E-state index in [1.165, 1.54) is 23.0 Å². The first kappa shape index (κ1) is 24.0. The SMILES string of the molecule is Cn1cc(-c2cccc(-n3c(C4CCN(C#N)C4)cc4cc(C5CC5)ccc4c3=O)c2CO)cc(N)c1=O. The highest BCUT2D eigenvalue weighted by atomic mass is 16.3. The van der Waals surface area contributed by atoms with Crippen LogP contribution in [0.3, 0.4) is 0 Å². The Balaban J connectivity index is 1.61. The molecule has 2 aromatic heterocycles. The third-order valence-corrected chi connectivity index (χ3v) is 7.94. The van der Waals surface area contributed by atoms with Gasteiger partial charge in [0.2, 0.25) is 0 Å². The smallest absolute Gasteiger partial charge is 0.273 e. The molecule has 8 heteroatoms. The largest absolute Gasteiger partial charge is 0.394 e. The minimum Gasteiger partial charge on any atom is -0.394 e. The first-order valence-corrected chi connectivity index (χ1v) is 12.9. The van der Waals surface area contributed by atoms with E-state index in [2.05, 4.69) is 24.4 Å². The van der Waals surface area contributed by atoms with Gasteiger partial charge in [0.25, 0.3) is 11.1 Å². The number of benzene rings is 2. The quantitative estimate of drug-likeness (QED) is 0.399. The molecule has 1 saturated carbocycles. The van der Waals surface area contributed by atoms with Crippen LogP contribution in [0, 0.1) is 11.5 Å². The topological polar surface area (TPSA) is 117 Å². The van der Waals surface area contributed by atoms with Crippen LogP contribution in [0.1, 0.15) is 47.9 Å². The molecule has 1 atom stereocenters. The second-order valence-corrected chi connectivity index (χ2v) is 10.4. The van der Waals surface area contributed by atoms with E-state index < -0.39 is 0 Å². The van der Waals surface area contributed by atoms with Crippen molar-refractivity contribution in [1.82, 2.24) is 14.0 Å². The fraction of sp³-hybridized carbons (Fsp3) is 0.300. The second kappa shape index (κ2) is 9.19. The molecule has 0 bridgehead atoms. The molecule has 6 rings (SSSR count). The number of pyridine rings is 2. The van der Waals surface area contributed by atoms with Crippen LogP contribution in [0.25, 0.3) is 27.6 Å².